The number of nitrogens with two attached hydrogens (primary N) is 1. The second-order valence-corrected chi connectivity index (χ2v) is 6.13. The Kier molecular flexibility index (Phi) is 6.41. The average Bonchev–Trinajstić information content (AvgIpc) is 2.66. The fourth-order valence-corrected chi connectivity index (χ4v) is 2.41. The van der Waals surface area contributed by atoms with E-state index in [0.29, 0.717) is 0 Å². The topological polar surface area (TPSA) is 128 Å². The number of hydrogen-bond acceptors (Lipinski definition) is 7. The highest BCUT2D eigenvalue weighted by Gasteiger charge is 2.30. The van der Waals surface area contributed by atoms with Crippen molar-refractivity contribution in [2.75, 3.05) is 6.61 Å². The van der Waals surface area contributed by atoms with Crippen LogP contribution in [0.3, 0.4) is 0 Å². The number of carbonyl (C=O) groups excluding carboxylic acids is 2. The Morgan fingerprint density at radius 2 is 1.97 bits per heavy atom. The Bertz CT molecular complexity index is 1140. The van der Waals surface area contributed by atoms with Crippen LogP contribution < -0.4 is 11.2 Å². The third-order valence-electron chi connectivity index (χ3n) is 3.84. The predicted molar refractivity (Wildman–Crippen MR) is 97.4 cm³/mol. The molecule has 30 heavy (non-hydrogen) atoms. The minimum Gasteiger partial charge on any atom is -0.452 e. The second kappa shape index (κ2) is 8.60. The maximum absolute atomic E-state index is 13.0. The number of carbonyl (C=O) groups is 2. The van der Waals surface area contributed by atoms with Gasteiger partial charge >= 0.3 is 12.1 Å². The molecule has 0 aliphatic carbocycles. The molecule has 0 bridgehead atoms. The van der Waals surface area contributed by atoms with Crippen molar-refractivity contribution in [3.63, 3.8) is 0 Å². The Morgan fingerprint density at radius 3 is 2.53 bits per heavy atom. The van der Waals surface area contributed by atoms with Crippen molar-refractivity contribution in [2.45, 2.75) is 20.0 Å². The molecule has 0 amide bonds. The quantitative estimate of drug-likeness (QED) is 0.445. The van der Waals surface area contributed by atoms with E-state index in [-0.39, 0.29) is 17.1 Å². The van der Waals surface area contributed by atoms with Gasteiger partial charge in [-0.2, -0.15) is 23.5 Å². The van der Waals surface area contributed by atoms with Crippen molar-refractivity contribution in [3.8, 4) is 11.8 Å². The zero-order valence-electron chi connectivity index (χ0n) is 15.8. The highest BCUT2D eigenvalue weighted by Crippen LogP contribution is 2.30. The number of ether oxygens (including phenoxy) is 1. The number of alkyl halides is 3. The summed E-state index contributed by atoms with van der Waals surface area (Å²) in [7, 11) is 0. The first-order chi connectivity index (χ1) is 14.0. The molecule has 8 nitrogen and oxygen atoms in total. The number of aromatic nitrogens is 2. The van der Waals surface area contributed by atoms with Crippen LogP contribution in [0.15, 0.2) is 46.4 Å². The zero-order valence-corrected chi connectivity index (χ0v) is 15.8. The van der Waals surface area contributed by atoms with Crippen LogP contribution in [0, 0.1) is 18.3 Å². The van der Waals surface area contributed by atoms with E-state index in [1.165, 1.54) is 19.9 Å². The zero-order chi connectivity index (χ0) is 22.6. The van der Waals surface area contributed by atoms with Gasteiger partial charge in [-0.05, 0) is 32.0 Å². The number of nitriles is 1. The molecule has 0 spiro atoms. The van der Waals surface area contributed by atoms with Crippen LogP contribution in [0.1, 0.15) is 28.7 Å². The normalized spacial score (nSPS) is 12.0. The van der Waals surface area contributed by atoms with Crippen LogP contribution in [0.2, 0.25) is 0 Å². The minimum atomic E-state index is -4.60. The van der Waals surface area contributed by atoms with Crippen molar-refractivity contribution in [1.82, 2.24) is 9.78 Å². The summed E-state index contributed by atoms with van der Waals surface area (Å²) >= 11 is 0. The molecule has 2 aromatic rings. The SMILES string of the molecule is C/C(N)=C(/C#N)C(=O)COC(=O)c1nn(-c2cccc(C(F)(F)F)c2)c(C)cc1=O. The number of ketones is 1. The van der Waals surface area contributed by atoms with E-state index >= 15 is 0 Å². The summed E-state index contributed by atoms with van der Waals surface area (Å²) in [5.74, 6) is -2.16. The van der Waals surface area contributed by atoms with Gasteiger partial charge < -0.3 is 10.5 Å². The van der Waals surface area contributed by atoms with Crippen molar-refractivity contribution in [1.29, 1.82) is 5.26 Å². The van der Waals surface area contributed by atoms with E-state index in [2.05, 4.69) is 5.10 Å². The van der Waals surface area contributed by atoms with Gasteiger partial charge in [0.05, 0.1) is 11.3 Å². The number of esters is 1. The Hall–Kier alpha value is -3.94. The number of benzene rings is 1. The summed E-state index contributed by atoms with van der Waals surface area (Å²) in [6.07, 6.45) is -4.60. The molecule has 156 valence electrons. The summed E-state index contributed by atoms with van der Waals surface area (Å²) in [5, 5.41) is 12.7. The van der Waals surface area contributed by atoms with Crippen LogP contribution in [0.4, 0.5) is 13.2 Å². The van der Waals surface area contributed by atoms with Gasteiger partial charge in [0, 0.05) is 17.5 Å². The Labute approximate surface area is 168 Å². The Balaban J connectivity index is 2.37. The lowest BCUT2D eigenvalue weighted by Crippen LogP contribution is -2.26. The lowest BCUT2D eigenvalue weighted by atomic mass is 10.1. The van der Waals surface area contributed by atoms with Crippen LogP contribution in [-0.2, 0) is 15.7 Å². The molecular weight excluding hydrogens is 405 g/mol. The van der Waals surface area contributed by atoms with Gasteiger partial charge in [0.2, 0.25) is 16.9 Å². The Morgan fingerprint density at radius 1 is 1.30 bits per heavy atom. The molecule has 11 heteroatoms. The van der Waals surface area contributed by atoms with Gasteiger partial charge in [-0.3, -0.25) is 9.59 Å². The number of nitrogens with zero attached hydrogens (tertiary/aromatic N) is 3. The standard InChI is InChI=1S/C19H15F3N4O4/c1-10-6-15(27)17(18(29)30-9-16(28)14(8-23)11(2)24)25-26(10)13-5-3-4-12(7-13)19(20,21)22/h3-7H,9,24H2,1-2H3/b14-11+. The lowest BCUT2D eigenvalue weighted by Gasteiger charge is -2.13. The van der Waals surface area contributed by atoms with E-state index in [0.717, 1.165) is 28.9 Å². The molecule has 0 unspecified atom stereocenters. The first-order valence-electron chi connectivity index (χ1n) is 8.31. The summed E-state index contributed by atoms with van der Waals surface area (Å²) in [6.45, 7) is 1.86. The highest BCUT2D eigenvalue weighted by atomic mass is 19.4. The van der Waals surface area contributed by atoms with Crippen LogP contribution in [-0.4, -0.2) is 28.1 Å². The summed E-state index contributed by atoms with van der Waals surface area (Å²) < 4.78 is 44.6. The van der Waals surface area contributed by atoms with E-state index < -0.39 is 46.8 Å². The lowest BCUT2D eigenvalue weighted by molar-refractivity contribution is -0.137. The third-order valence-corrected chi connectivity index (χ3v) is 3.84. The summed E-state index contributed by atoms with van der Waals surface area (Å²) in [6, 6.07) is 6.70. The molecule has 2 rings (SSSR count). The number of allylic oxidation sites excluding steroid dienone is 1. The predicted octanol–water partition coefficient (Wildman–Crippen LogP) is 2.04. The molecule has 0 atom stereocenters. The van der Waals surface area contributed by atoms with E-state index in [1.54, 1.807) is 6.07 Å². The smallest absolute Gasteiger partial charge is 0.416 e. The number of aryl methyl sites for hydroxylation is 1. The van der Waals surface area contributed by atoms with Crippen molar-refractivity contribution >= 4 is 11.8 Å². The molecule has 2 N–H and O–H groups in total. The third kappa shape index (κ3) is 4.91. The van der Waals surface area contributed by atoms with E-state index in [1.807, 2.05) is 0 Å². The molecular formula is C19H15F3N4O4. The van der Waals surface area contributed by atoms with Gasteiger partial charge in [0.25, 0.3) is 0 Å². The highest BCUT2D eigenvalue weighted by molar-refractivity contribution is 6.01. The molecule has 0 saturated heterocycles. The summed E-state index contributed by atoms with van der Waals surface area (Å²) in [4.78, 5) is 36.2. The van der Waals surface area contributed by atoms with Gasteiger partial charge in [-0.15, -0.1) is 0 Å². The summed E-state index contributed by atoms with van der Waals surface area (Å²) in [5.41, 5.74) is 2.51. The van der Waals surface area contributed by atoms with Crippen LogP contribution >= 0.6 is 0 Å². The largest absolute Gasteiger partial charge is 0.452 e. The molecule has 1 aromatic carbocycles. The van der Waals surface area contributed by atoms with Crippen molar-refractivity contribution in [3.05, 3.63) is 68.8 Å². The van der Waals surface area contributed by atoms with Crippen LogP contribution in [0.25, 0.3) is 5.69 Å². The maximum Gasteiger partial charge on any atom is 0.416 e. The molecule has 0 radical (unpaired) electrons. The van der Waals surface area contributed by atoms with Crippen LogP contribution in [0.5, 0.6) is 0 Å². The van der Waals surface area contributed by atoms with E-state index in [4.69, 9.17) is 15.7 Å². The molecule has 1 aromatic heterocycles. The van der Waals surface area contributed by atoms with Gasteiger partial charge in [0.15, 0.2) is 6.61 Å². The first kappa shape index (κ1) is 22.4. The molecule has 0 aliphatic rings. The average molecular weight is 420 g/mol. The number of Topliss-reactive ketones (excluding diaryl/α,β-unsaturated/α-hetero) is 1. The fraction of sp³-hybridized carbons (Fsp3) is 0.211. The molecule has 0 fully saturated rings. The number of rotatable bonds is 5. The molecule has 0 saturated carbocycles. The second-order valence-electron chi connectivity index (χ2n) is 6.13. The van der Waals surface area contributed by atoms with E-state index in [9.17, 15) is 27.6 Å². The number of hydrogen-bond donors (Lipinski definition) is 1. The first-order valence-corrected chi connectivity index (χ1v) is 8.31. The van der Waals surface area contributed by atoms with Gasteiger partial charge in [-0.25, -0.2) is 9.48 Å². The maximum atomic E-state index is 13.0. The fourth-order valence-electron chi connectivity index (χ4n) is 2.41. The van der Waals surface area contributed by atoms with Gasteiger partial charge in [-0.1, -0.05) is 6.07 Å². The molecule has 1 heterocycles. The van der Waals surface area contributed by atoms with Crippen molar-refractivity contribution in [2.24, 2.45) is 5.73 Å². The van der Waals surface area contributed by atoms with Gasteiger partial charge in [0.1, 0.15) is 11.6 Å². The molecule has 0 aliphatic heterocycles. The monoisotopic (exact) mass is 420 g/mol. The number of halogens is 3. The minimum absolute atomic E-state index is 0.0408. The van der Waals surface area contributed by atoms with Crippen molar-refractivity contribution < 1.29 is 27.5 Å².